The van der Waals surface area contributed by atoms with E-state index in [1.165, 1.54) is 0 Å². The third kappa shape index (κ3) is 3.98. The number of rotatable bonds is 4. The number of anilines is 1. The van der Waals surface area contributed by atoms with E-state index in [1.54, 1.807) is 4.68 Å². The van der Waals surface area contributed by atoms with Crippen molar-refractivity contribution in [3.8, 4) is 17.1 Å². The van der Waals surface area contributed by atoms with Gasteiger partial charge in [0.15, 0.2) is 5.82 Å². The average Bonchev–Trinajstić information content (AvgIpc) is 3.18. The summed E-state index contributed by atoms with van der Waals surface area (Å²) < 4.78 is 1.67. The van der Waals surface area contributed by atoms with E-state index in [4.69, 9.17) is 11.6 Å². The maximum absolute atomic E-state index is 13.0. The Morgan fingerprint density at radius 3 is 2.43 bits per heavy atom. The summed E-state index contributed by atoms with van der Waals surface area (Å²) in [5, 5.41) is 8.05. The van der Waals surface area contributed by atoms with Crippen LogP contribution in [0.5, 0.6) is 0 Å². The van der Waals surface area contributed by atoms with E-state index in [0.29, 0.717) is 10.8 Å². The number of hydrogen-bond donors (Lipinski definition) is 1. The zero-order valence-electron chi connectivity index (χ0n) is 17.0. The molecule has 0 fully saturated rings. The summed E-state index contributed by atoms with van der Waals surface area (Å²) in [5.41, 5.74) is 5.46. The molecule has 1 aromatic heterocycles. The fraction of sp³-hybridized carbons (Fsp3) is 0.125. The Hall–Kier alpha value is -3.44. The molecule has 0 spiro atoms. The number of halogens is 1. The smallest absolute Gasteiger partial charge is 0.295 e. The third-order valence-corrected chi connectivity index (χ3v) is 5.11. The lowest BCUT2D eigenvalue weighted by atomic mass is 10.1. The lowest BCUT2D eigenvalue weighted by molar-refractivity contribution is 0.101. The van der Waals surface area contributed by atoms with Crippen molar-refractivity contribution in [3.05, 3.63) is 94.3 Å². The molecule has 3 aromatic carbocycles. The number of aryl methyl sites for hydroxylation is 3. The van der Waals surface area contributed by atoms with E-state index in [1.807, 2.05) is 87.5 Å². The van der Waals surface area contributed by atoms with Crippen molar-refractivity contribution >= 4 is 23.2 Å². The van der Waals surface area contributed by atoms with Gasteiger partial charge in [0.1, 0.15) is 0 Å². The van der Waals surface area contributed by atoms with E-state index in [0.717, 1.165) is 33.6 Å². The molecule has 0 aliphatic carbocycles. The second-order valence-corrected chi connectivity index (χ2v) is 7.68. The number of carbonyl (C=O) groups excluding carboxylic acids is 1. The van der Waals surface area contributed by atoms with Gasteiger partial charge in [-0.25, -0.2) is 9.67 Å². The molecule has 1 amide bonds. The van der Waals surface area contributed by atoms with Gasteiger partial charge in [-0.05, 0) is 50.1 Å². The molecule has 1 heterocycles. The fourth-order valence-electron chi connectivity index (χ4n) is 3.29. The SMILES string of the molecule is Cc1ccc(NC(=O)c2nc(-c3ccccc3)n(-c3cc(Cl)ccc3C)n2)c(C)c1. The summed E-state index contributed by atoms with van der Waals surface area (Å²) in [5.74, 6) is 0.303. The Balaban J connectivity index is 1.79. The Kier molecular flexibility index (Phi) is 5.38. The number of nitrogens with zero attached hydrogens (tertiary/aromatic N) is 3. The number of aromatic nitrogens is 3. The van der Waals surface area contributed by atoms with Crippen molar-refractivity contribution in [1.82, 2.24) is 14.8 Å². The number of benzene rings is 3. The van der Waals surface area contributed by atoms with Gasteiger partial charge in [-0.2, -0.15) is 0 Å². The van der Waals surface area contributed by atoms with Crippen LogP contribution in [0.1, 0.15) is 27.3 Å². The quantitative estimate of drug-likeness (QED) is 0.459. The number of nitrogens with one attached hydrogen (secondary N) is 1. The number of amides is 1. The van der Waals surface area contributed by atoms with Crippen LogP contribution in [0.2, 0.25) is 5.02 Å². The first-order valence-corrected chi connectivity index (χ1v) is 9.98. The molecule has 4 aromatic rings. The van der Waals surface area contributed by atoms with Gasteiger partial charge in [0.2, 0.25) is 5.82 Å². The standard InChI is InChI=1S/C24H21ClN4O/c1-15-9-12-20(17(3)13-15)26-24(30)22-27-23(18-7-5-4-6-8-18)29(28-22)21-14-19(25)11-10-16(21)2/h4-14H,1-3H3,(H,26,30). The molecule has 0 saturated heterocycles. The van der Waals surface area contributed by atoms with Gasteiger partial charge in [-0.1, -0.05) is 65.7 Å². The zero-order valence-corrected chi connectivity index (χ0v) is 17.7. The summed E-state index contributed by atoms with van der Waals surface area (Å²) >= 11 is 6.23. The van der Waals surface area contributed by atoms with Crippen LogP contribution in [0.15, 0.2) is 66.7 Å². The maximum Gasteiger partial charge on any atom is 0.295 e. The van der Waals surface area contributed by atoms with Crippen LogP contribution in [-0.4, -0.2) is 20.7 Å². The molecule has 0 aliphatic heterocycles. The highest BCUT2D eigenvalue weighted by Crippen LogP contribution is 2.26. The summed E-state index contributed by atoms with van der Waals surface area (Å²) in [4.78, 5) is 17.5. The van der Waals surface area contributed by atoms with Gasteiger partial charge in [0.25, 0.3) is 5.91 Å². The summed E-state index contributed by atoms with van der Waals surface area (Å²) in [7, 11) is 0. The first-order chi connectivity index (χ1) is 14.4. The lowest BCUT2D eigenvalue weighted by Crippen LogP contribution is -2.15. The molecule has 6 heteroatoms. The molecule has 4 rings (SSSR count). The van der Waals surface area contributed by atoms with Crippen LogP contribution in [-0.2, 0) is 0 Å². The Morgan fingerprint density at radius 1 is 0.933 bits per heavy atom. The summed E-state index contributed by atoms with van der Waals surface area (Å²) in [6, 6.07) is 21.1. The van der Waals surface area contributed by atoms with Crippen LogP contribution in [0.25, 0.3) is 17.1 Å². The number of carbonyl (C=O) groups is 1. The normalized spacial score (nSPS) is 10.8. The van der Waals surface area contributed by atoms with Gasteiger partial charge < -0.3 is 5.32 Å². The fourth-order valence-corrected chi connectivity index (χ4v) is 3.46. The van der Waals surface area contributed by atoms with Crippen LogP contribution in [0.3, 0.4) is 0 Å². The minimum atomic E-state index is -0.363. The molecule has 1 N–H and O–H groups in total. The number of hydrogen-bond acceptors (Lipinski definition) is 3. The van der Waals surface area contributed by atoms with Gasteiger partial charge in [0.05, 0.1) is 5.69 Å². The lowest BCUT2D eigenvalue weighted by Gasteiger charge is -2.09. The molecule has 0 bridgehead atoms. The molecule has 0 radical (unpaired) electrons. The van der Waals surface area contributed by atoms with E-state index in [9.17, 15) is 4.79 Å². The van der Waals surface area contributed by atoms with Gasteiger partial charge in [-0.3, -0.25) is 4.79 Å². The van der Waals surface area contributed by atoms with Crippen molar-refractivity contribution in [2.75, 3.05) is 5.32 Å². The molecular formula is C24H21ClN4O. The third-order valence-electron chi connectivity index (χ3n) is 4.87. The first kappa shape index (κ1) is 19.9. The van der Waals surface area contributed by atoms with Crippen LogP contribution in [0.4, 0.5) is 5.69 Å². The first-order valence-electron chi connectivity index (χ1n) is 9.60. The molecule has 0 saturated carbocycles. The molecular weight excluding hydrogens is 396 g/mol. The topological polar surface area (TPSA) is 59.8 Å². The van der Waals surface area contributed by atoms with Crippen molar-refractivity contribution in [3.63, 3.8) is 0 Å². The molecule has 0 unspecified atom stereocenters. The van der Waals surface area contributed by atoms with Crippen molar-refractivity contribution in [2.45, 2.75) is 20.8 Å². The van der Waals surface area contributed by atoms with Crippen LogP contribution in [0, 0.1) is 20.8 Å². The van der Waals surface area contributed by atoms with E-state index < -0.39 is 0 Å². The summed E-state index contributed by atoms with van der Waals surface area (Å²) in [6.45, 7) is 5.94. The molecule has 0 aliphatic rings. The second-order valence-electron chi connectivity index (χ2n) is 7.24. The molecule has 150 valence electrons. The van der Waals surface area contributed by atoms with E-state index in [2.05, 4.69) is 15.4 Å². The van der Waals surface area contributed by atoms with Crippen LogP contribution >= 0.6 is 11.6 Å². The van der Waals surface area contributed by atoms with E-state index >= 15 is 0 Å². The molecule has 5 nitrogen and oxygen atoms in total. The van der Waals surface area contributed by atoms with Gasteiger partial charge in [0, 0.05) is 16.3 Å². The van der Waals surface area contributed by atoms with Crippen LogP contribution < -0.4 is 5.32 Å². The minimum Gasteiger partial charge on any atom is -0.319 e. The monoisotopic (exact) mass is 416 g/mol. The highest BCUT2D eigenvalue weighted by atomic mass is 35.5. The van der Waals surface area contributed by atoms with Crippen molar-refractivity contribution in [1.29, 1.82) is 0 Å². The highest BCUT2D eigenvalue weighted by molar-refractivity contribution is 6.30. The zero-order chi connectivity index (χ0) is 21.3. The average molecular weight is 417 g/mol. The van der Waals surface area contributed by atoms with Gasteiger partial charge >= 0.3 is 0 Å². The highest BCUT2D eigenvalue weighted by Gasteiger charge is 2.20. The van der Waals surface area contributed by atoms with Gasteiger partial charge in [-0.15, -0.1) is 5.10 Å². The predicted molar refractivity (Wildman–Crippen MR) is 120 cm³/mol. The van der Waals surface area contributed by atoms with Crippen molar-refractivity contribution < 1.29 is 4.79 Å². The second kappa shape index (κ2) is 8.13. The largest absolute Gasteiger partial charge is 0.319 e. The summed E-state index contributed by atoms with van der Waals surface area (Å²) in [6.07, 6.45) is 0. The Labute approximate surface area is 180 Å². The minimum absolute atomic E-state index is 0.0909. The Bertz CT molecular complexity index is 1230. The predicted octanol–water partition coefficient (Wildman–Crippen LogP) is 5.77. The molecule has 30 heavy (non-hydrogen) atoms. The van der Waals surface area contributed by atoms with E-state index in [-0.39, 0.29) is 11.7 Å². The molecule has 0 atom stereocenters. The Morgan fingerprint density at radius 2 is 1.70 bits per heavy atom. The maximum atomic E-state index is 13.0. The van der Waals surface area contributed by atoms with Crippen molar-refractivity contribution in [2.24, 2.45) is 0 Å².